The van der Waals surface area contributed by atoms with Gasteiger partial charge in [0, 0.05) is 36.8 Å². The molecule has 6 nitrogen and oxygen atoms in total. The number of hydrogen-bond acceptors (Lipinski definition) is 5. The highest BCUT2D eigenvalue weighted by Crippen LogP contribution is 2.26. The molecule has 0 radical (unpaired) electrons. The number of rotatable bonds is 4. The molecule has 0 atom stereocenters. The van der Waals surface area contributed by atoms with Crippen LogP contribution in [0.2, 0.25) is 5.02 Å². The molecule has 1 saturated heterocycles. The maximum Gasteiger partial charge on any atom is 0.243 e. The fraction of sp³-hybridized carbons (Fsp3) is 0.304. The van der Waals surface area contributed by atoms with Crippen LogP contribution in [0.1, 0.15) is 16.7 Å². The van der Waals surface area contributed by atoms with E-state index in [9.17, 15) is 8.42 Å². The topological polar surface area (TPSA) is 66.4 Å². The number of piperazine rings is 1. The van der Waals surface area contributed by atoms with Gasteiger partial charge in [-0.2, -0.15) is 4.31 Å². The lowest BCUT2D eigenvalue weighted by atomic mass is 10.1. The summed E-state index contributed by atoms with van der Waals surface area (Å²) in [6.45, 7) is 7.75. The molecule has 0 N–H and O–H groups in total. The zero-order valence-corrected chi connectivity index (χ0v) is 19.4. The quantitative estimate of drug-likeness (QED) is 0.587. The molecule has 1 aliphatic heterocycles. The van der Waals surface area contributed by atoms with Crippen LogP contribution >= 0.6 is 11.6 Å². The van der Waals surface area contributed by atoms with Gasteiger partial charge in [0.25, 0.3) is 0 Å². The highest BCUT2D eigenvalue weighted by molar-refractivity contribution is 7.89. The van der Waals surface area contributed by atoms with Crippen molar-refractivity contribution in [2.45, 2.75) is 25.7 Å². The van der Waals surface area contributed by atoms with Gasteiger partial charge < -0.3 is 4.90 Å². The Bertz CT molecular complexity index is 1190. The summed E-state index contributed by atoms with van der Waals surface area (Å²) >= 11 is 5.94. The SMILES string of the molecule is Cc1cc(C)c(S(=O)(=O)N2CCN(c3ccc(-c4ccc(Cl)cc4)nn3)CC2)cc1C. The molecule has 0 amide bonds. The normalized spacial score (nSPS) is 15.3. The minimum atomic E-state index is -3.52. The maximum atomic E-state index is 13.2. The first-order valence-electron chi connectivity index (χ1n) is 10.2. The molecular weight excluding hydrogens is 432 g/mol. The van der Waals surface area contributed by atoms with Crippen molar-refractivity contribution in [3.8, 4) is 11.3 Å². The highest BCUT2D eigenvalue weighted by Gasteiger charge is 2.30. The van der Waals surface area contributed by atoms with Crippen molar-refractivity contribution in [2.24, 2.45) is 0 Å². The van der Waals surface area contributed by atoms with E-state index in [-0.39, 0.29) is 0 Å². The van der Waals surface area contributed by atoms with Crippen LogP contribution in [-0.4, -0.2) is 49.1 Å². The molecule has 0 saturated carbocycles. The molecule has 8 heteroatoms. The molecule has 162 valence electrons. The average Bonchev–Trinajstić information content (AvgIpc) is 2.77. The number of sulfonamides is 1. The number of aromatic nitrogens is 2. The van der Waals surface area contributed by atoms with Crippen molar-refractivity contribution in [2.75, 3.05) is 31.1 Å². The van der Waals surface area contributed by atoms with Crippen LogP contribution in [0, 0.1) is 20.8 Å². The van der Waals surface area contributed by atoms with Gasteiger partial charge >= 0.3 is 0 Å². The van der Waals surface area contributed by atoms with Gasteiger partial charge in [-0.05, 0) is 67.8 Å². The van der Waals surface area contributed by atoms with Crippen LogP contribution in [0.15, 0.2) is 53.4 Å². The Hall–Kier alpha value is -2.48. The molecule has 0 aliphatic carbocycles. The molecule has 1 aliphatic rings. The van der Waals surface area contributed by atoms with Gasteiger partial charge in [0.05, 0.1) is 10.6 Å². The predicted molar refractivity (Wildman–Crippen MR) is 124 cm³/mol. The highest BCUT2D eigenvalue weighted by atomic mass is 35.5. The largest absolute Gasteiger partial charge is 0.352 e. The van der Waals surface area contributed by atoms with Crippen LogP contribution < -0.4 is 4.90 Å². The number of benzene rings is 2. The van der Waals surface area contributed by atoms with E-state index >= 15 is 0 Å². The van der Waals surface area contributed by atoms with Gasteiger partial charge in [-0.15, -0.1) is 10.2 Å². The Balaban J connectivity index is 1.46. The third-order valence-corrected chi connectivity index (χ3v) is 8.05. The first-order valence-corrected chi connectivity index (χ1v) is 12.0. The Morgan fingerprint density at radius 2 is 1.45 bits per heavy atom. The summed E-state index contributed by atoms with van der Waals surface area (Å²) in [5, 5.41) is 9.37. The smallest absolute Gasteiger partial charge is 0.243 e. The number of aryl methyl sites for hydroxylation is 3. The molecular formula is C23H25ClN4O2S. The van der Waals surface area contributed by atoms with E-state index in [1.165, 1.54) is 0 Å². The third-order valence-electron chi connectivity index (χ3n) is 5.76. The molecule has 0 bridgehead atoms. The molecule has 1 aromatic heterocycles. The fourth-order valence-electron chi connectivity index (χ4n) is 3.78. The summed E-state index contributed by atoms with van der Waals surface area (Å²) in [5.41, 5.74) is 4.59. The second kappa shape index (κ2) is 8.57. The fourth-order valence-corrected chi connectivity index (χ4v) is 5.62. The Labute approximate surface area is 188 Å². The third kappa shape index (κ3) is 4.44. The first kappa shape index (κ1) is 21.7. The summed E-state index contributed by atoms with van der Waals surface area (Å²) in [7, 11) is -3.52. The van der Waals surface area contributed by atoms with Crippen LogP contribution in [-0.2, 0) is 10.0 Å². The van der Waals surface area contributed by atoms with Crippen molar-refractivity contribution in [3.63, 3.8) is 0 Å². The molecule has 2 heterocycles. The van der Waals surface area contributed by atoms with Gasteiger partial charge in [-0.25, -0.2) is 8.42 Å². The second-order valence-electron chi connectivity index (χ2n) is 7.88. The van der Waals surface area contributed by atoms with Crippen LogP contribution in [0.3, 0.4) is 0 Å². The number of nitrogens with zero attached hydrogens (tertiary/aromatic N) is 4. The summed E-state index contributed by atoms with van der Waals surface area (Å²) in [5.74, 6) is 0.747. The molecule has 2 aromatic carbocycles. The van der Waals surface area contributed by atoms with Crippen molar-refractivity contribution in [1.29, 1.82) is 0 Å². The van der Waals surface area contributed by atoms with E-state index in [2.05, 4.69) is 15.1 Å². The summed E-state index contributed by atoms with van der Waals surface area (Å²) < 4.78 is 28.0. The van der Waals surface area contributed by atoms with Gasteiger partial charge in [0.15, 0.2) is 5.82 Å². The second-order valence-corrected chi connectivity index (χ2v) is 10.2. The molecule has 0 spiro atoms. The number of halogens is 1. The van der Waals surface area contributed by atoms with Gasteiger partial charge in [0.2, 0.25) is 10.0 Å². The van der Waals surface area contributed by atoms with Crippen LogP contribution in [0.5, 0.6) is 0 Å². The lowest BCUT2D eigenvalue weighted by molar-refractivity contribution is 0.383. The van der Waals surface area contributed by atoms with E-state index in [4.69, 9.17) is 11.6 Å². The van der Waals surface area contributed by atoms with E-state index in [1.807, 2.05) is 63.2 Å². The average molecular weight is 457 g/mol. The Morgan fingerprint density at radius 1 is 0.806 bits per heavy atom. The Morgan fingerprint density at radius 3 is 2.06 bits per heavy atom. The zero-order valence-electron chi connectivity index (χ0n) is 17.8. The standard InChI is InChI=1S/C23H25ClN4O2S/c1-16-14-18(3)22(15-17(16)2)31(29,30)28-12-10-27(11-13-28)23-9-8-21(25-26-23)19-4-6-20(24)7-5-19/h4-9,14-15H,10-13H2,1-3H3. The predicted octanol–water partition coefficient (Wildman–Crippen LogP) is 4.23. The minimum absolute atomic E-state index is 0.399. The molecule has 31 heavy (non-hydrogen) atoms. The minimum Gasteiger partial charge on any atom is -0.352 e. The van der Waals surface area contributed by atoms with Crippen molar-refractivity contribution >= 4 is 27.4 Å². The van der Waals surface area contributed by atoms with Gasteiger partial charge in [0.1, 0.15) is 0 Å². The van der Waals surface area contributed by atoms with E-state index in [1.54, 1.807) is 10.4 Å². The molecule has 1 fully saturated rings. The summed E-state index contributed by atoms with van der Waals surface area (Å²) in [6, 6.07) is 15.0. The van der Waals surface area contributed by atoms with Crippen LogP contribution in [0.25, 0.3) is 11.3 Å². The van der Waals surface area contributed by atoms with Gasteiger partial charge in [-0.1, -0.05) is 29.8 Å². The molecule has 3 aromatic rings. The van der Waals surface area contributed by atoms with Gasteiger partial charge in [-0.3, -0.25) is 0 Å². The number of hydrogen-bond donors (Lipinski definition) is 0. The van der Waals surface area contributed by atoms with Crippen LogP contribution in [0.4, 0.5) is 5.82 Å². The lowest BCUT2D eigenvalue weighted by Crippen LogP contribution is -2.49. The van der Waals surface area contributed by atoms with Crippen molar-refractivity contribution in [3.05, 3.63) is 70.2 Å². The number of anilines is 1. The Kier molecular flexibility index (Phi) is 6.01. The van der Waals surface area contributed by atoms with Crippen molar-refractivity contribution in [1.82, 2.24) is 14.5 Å². The van der Waals surface area contributed by atoms with E-state index < -0.39 is 10.0 Å². The van der Waals surface area contributed by atoms with E-state index in [0.29, 0.717) is 36.1 Å². The zero-order chi connectivity index (χ0) is 22.2. The van der Waals surface area contributed by atoms with Crippen molar-refractivity contribution < 1.29 is 8.42 Å². The monoisotopic (exact) mass is 456 g/mol. The molecule has 0 unspecified atom stereocenters. The lowest BCUT2D eigenvalue weighted by Gasteiger charge is -2.34. The summed E-state index contributed by atoms with van der Waals surface area (Å²) in [6.07, 6.45) is 0. The summed E-state index contributed by atoms with van der Waals surface area (Å²) in [4.78, 5) is 2.47. The molecule has 4 rings (SSSR count). The maximum absolute atomic E-state index is 13.2. The van der Waals surface area contributed by atoms with E-state index in [0.717, 1.165) is 33.8 Å². The first-order chi connectivity index (χ1) is 14.8.